The number of hydrogen-bond acceptors (Lipinski definition) is 2. The maximum atomic E-state index is 11.8. The van der Waals surface area contributed by atoms with Crippen LogP contribution in [0.4, 0.5) is 5.69 Å². The molecule has 0 unspecified atom stereocenters. The Bertz CT molecular complexity index is 540. The topological polar surface area (TPSA) is 41.1 Å². The lowest BCUT2D eigenvalue weighted by atomic mass is 9.97. The van der Waals surface area contributed by atoms with Crippen LogP contribution in [-0.2, 0) is 4.79 Å². The standard InChI is InChI=1S/C18H25BrN2O/c1-14-7-8-17(16(19)13-14)20-12-10-18(22)21-11-9-15-5-3-2-4-6-15/h5,7-8,13,20H,2-4,6,9-12H2,1H3,(H,21,22). The Hall–Kier alpha value is -1.29. The van der Waals surface area contributed by atoms with Crippen molar-refractivity contribution in [3.8, 4) is 0 Å². The van der Waals surface area contributed by atoms with E-state index < -0.39 is 0 Å². The Labute approximate surface area is 141 Å². The van der Waals surface area contributed by atoms with E-state index in [1.54, 1.807) is 0 Å². The number of carbonyl (C=O) groups is 1. The second-order valence-electron chi connectivity index (χ2n) is 5.87. The van der Waals surface area contributed by atoms with Crippen molar-refractivity contribution < 1.29 is 4.79 Å². The summed E-state index contributed by atoms with van der Waals surface area (Å²) >= 11 is 3.53. The van der Waals surface area contributed by atoms with Gasteiger partial charge in [-0.2, -0.15) is 0 Å². The lowest BCUT2D eigenvalue weighted by molar-refractivity contribution is -0.120. The highest BCUT2D eigenvalue weighted by Gasteiger charge is 2.05. The third-order valence-corrected chi connectivity index (χ3v) is 4.60. The molecule has 0 saturated carbocycles. The summed E-state index contributed by atoms with van der Waals surface area (Å²) in [4.78, 5) is 11.8. The Morgan fingerprint density at radius 1 is 1.27 bits per heavy atom. The van der Waals surface area contributed by atoms with E-state index in [0.717, 1.165) is 23.1 Å². The third-order valence-electron chi connectivity index (χ3n) is 3.95. The summed E-state index contributed by atoms with van der Waals surface area (Å²) in [6.45, 7) is 3.47. The maximum absolute atomic E-state index is 11.8. The van der Waals surface area contributed by atoms with Crippen LogP contribution >= 0.6 is 15.9 Å². The van der Waals surface area contributed by atoms with E-state index >= 15 is 0 Å². The molecule has 120 valence electrons. The molecule has 1 aliphatic carbocycles. The van der Waals surface area contributed by atoms with Gasteiger partial charge in [0.2, 0.25) is 5.91 Å². The van der Waals surface area contributed by atoms with Crippen LogP contribution in [0.5, 0.6) is 0 Å². The van der Waals surface area contributed by atoms with Gasteiger partial charge in [0.1, 0.15) is 0 Å². The van der Waals surface area contributed by atoms with Crippen molar-refractivity contribution in [2.24, 2.45) is 0 Å². The molecule has 1 aliphatic rings. The van der Waals surface area contributed by atoms with Crippen molar-refractivity contribution in [2.75, 3.05) is 18.4 Å². The molecular weight excluding hydrogens is 340 g/mol. The van der Waals surface area contributed by atoms with Crippen LogP contribution in [0.2, 0.25) is 0 Å². The van der Waals surface area contributed by atoms with Crippen LogP contribution in [0.1, 0.15) is 44.1 Å². The second-order valence-corrected chi connectivity index (χ2v) is 6.72. The molecule has 0 bridgehead atoms. The summed E-state index contributed by atoms with van der Waals surface area (Å²) < 4.78 is 1.04. The monoisotopic (exact) mass is 364 g/mol. The molecule has 1 aromatic rings. The smallest absolute Gasteiger partial charge is 0.221 e. The Morgan fingerprint density at radius 3 is 2.86 bits per heavy atom. The van der Waals surface area contributed by atoms with Gasteiger partial charge >= 0.3 is 0 Å². The first-order chi connectivity index (χ1) is 10.6. The molecule has 1 aromatic carbocycles. The van der Waals surface area contributed by atoms with Crippen LogP contribution in [0.25, 0.3) is 0 Å². The predicted molar refractivity (Wildman–Crippen MR) is 96.2 cm³/mol. The molecule has 0 spiro atoms. The first-order valence-corrected chi connectivity index (χ1v) is 8.89. The molecule has 0 heterocycles. The molecular formula is C18H25BrN2O. The fourth-order valence-electron chi connectivity index (χ4n) is 2.66. The molecule has 0 atom stereocenters. The molecule has 0 aromatic heterocycles. The average molecular weight is 365 g/mol. The van der Waals surface area contributed by atoms with Crippen molar-refractivity contribution in [1.82, 2.24) is 5.32 Å². The lowest BCUT2D eigenvalue weighted by Crippen LogP contribution is -2.26. The van der Waals surface area contributed by atoms with Crippen molar-refractivity contribution >= 4 is 27.5 Å². The summed E-state index contributed by atoms with van der Waals surface area (Å²) in [6, 6.07) is 6.16. The second kappa shape index (κ2) is 8.99. The molecule has 0 aliphatic heterocycles. The van der Waals surface area contributed by atoms with Crippen molar-refractivity contribution in [1.29, 1.82) is 0 Å². The SMILES string of the molecule is Cc1ccc(NCCC(=O)NCCC2=CCCCC2)c(Br)c1. The molecule has 1 amide bonds. The van der Waals surface area contributed by atoms with Gasteiger partial charge in [0, 0.05) is 29.7 Å². The Kier molecular flexibility index (Phi) is 6.97. The molecule has 3 nitrogen and oxygen atoms in total. The van der Waals surface area contributed by atoms with E-state index in [1.807, 2.05) is 6.07 Å². The molecule has 4 heteroatoms. The molecule has 0 saturated heterocycles. The minimum absolute atomic E-state index is 0.118. The Balaban J connectivity index is 1.62. The summed E-state index contributed by atoms with van der Waals surface area (Å²) in [7, 11) is 0. The number of aryl methyl sites for hydroxylation is 1. The van der Waals surface area contributed by atoms with Crippen molar-refractivity contribution in [3.05, 3.63) is 39.9 Å². The van der Waals surface area contributed by atoms with E-state index in [2.05, 4.69) is 51.7 Å². The van der Waals surface area contributed by atoms with Gasteiger partial charge < -0.3 is 10.6 Å². The first kappa shape index (κ1) is 17.1. The van der Waals surface area contributed by atoms with Gasteiger partial charge in [-0.25, -0.2) is 0 Å². The highest BCUT2D eigenvalue weighted by atomic mass is 79.9. The lowest BCUT2D eigenvalue weighted by Gasteiger charge is -2.13. The number of hydrogen-bond donors (Lipinski definition) is 2. The predicted octanol–water partition coefficient (Wildman–Crippen LogP) is 4.57. The fraction of sp³-hybridized carbons (Fsp3) is 0.500. The molecule has 22 heavy (non-hydrogen) atoms. The summed E-state index contributed by atoms with van der Waals surface area (Å²) in [5, 5.41) is 6.30. The van der Waals surface area contributed by atoms with Crippen LogP contribution in [0.3, 0.4) is 0 Å². The molecule has 0 radical (unpaired) electrons. The number of halogens is 1. The first-order valence-electron chi connectivity index (χ1n) is 8.10. The minimum atomic E-state index is 0.118. The van der Waals surface area contributed by atoms with E-state index in [0.29, 0.717) is 13.0 Å². The van der Waals surface area contributed by atoms with Gasteiger partial charge in [-0.3, -0.25) is 4.79 Å². The summed E-state index contributed by atoms with van der Waals surface area (Å²) in [6.07, 6.45) is 8.87. The number of amides is 1. The zero-order valence-electron chi connectivity index (χ0n) is 13.3. The largest absolute Gasteiger partial charge is 0.384 e. The highest BCUT2D eigenvalue weighted by molar-refractivity contribution is 9.10. The molecule has 2 rings (SSSR count). The normalized spacial score (nSPS) is 14.4. The molecule has 0 fully saturated rings. The van der Waals surface area contributed by atoms with Gasteiger partial charge in [-0.1, -0.05) is 17.7 Å². The number of nitrogens with one attached hydrogen (secondary N) is 2. The zero-order chi connectivity index (χ0) is 15.8. The zero-order valence-corrected chi connectivity index (χ0v) is 14.8. The summed E-state index contributed by atoms with van der Waals surface area (Å²) in [5.41, 5.74) is 3.76. The van der Waals surface area contributed by atoms with Crippen LogP contribution in [0, 0.1) is 6.92 Å². The van der Waals surface area contributed by atoms with E-state index in [4.69, 9.17) is 0 Å². The van der Waals surface area contributed by atoms with Crippen LogP contribution in [0.15, 0.2) is 34.3 Å². The summed E-state index contributed by atoms with van der Waals surface area (Å²) in [5.74, 6) is 0.118. The number of carbonyl (C=O) groups excluding carboxylic acids is 1. The number of anilines is 1. The number of rotatable bonds is 7. The van der Waals surface area contributed by atoms with Gasteiger partial charge in [0.05, 0.1) is 0 Å². The van der Waals surface area contributed by atoms with Gasteiger partial charge in [-0.05, 0) is 72.7 Å². The quantitative estimate of drug-likeness (QED) is 0.695. The highest BCUT2D eigenvalue weighted by Crippen LogP contribution is 2.23. The maximum Gasteiger partial charge on any atom is 0.221 e. The van der Waals surface area contributed by atoms with Gasteiger partial charge in [-0.15, -0.1) is 0 Å². The van der Waals surface area contributed by atoms with Crippen molar-refractivity contribution in [2.45, 2.75) is 45.4 Å². The number of benzene rings is 1. The van der Waals surface area contributed by atoms with Crippen LogP contribution < -0.4 is 10.6 Å². The Morgan fingerprint density at radius 2 is 2.14 bits per heavy atom. The fourth-order valence-corrected chi connectivity index (χ4v) is 3.29. The van der Waals surface area contributed by atoms with Crippen molar-refractivity contribution in [3.63, 3.8) is 0 Å². The minimum Gasteiger partial charge on any atom is -0.384 e. The van der Waals surface area contributed by atoms with Gasteiger partial charge in [0.15, 0.2) is 0 Å². The van der Waals surface area contributed by atoms with E-state index in [9.17, 15) is 4.79 Å². The average Bonchev–Trinajstić information content (AvgIpc) is 2.50. The van der Waals surface area contributed by atoms with Gasteiger partial charge in [0.25, 0.3) is 0 Å². The third kappa shape index (κ3) is 5.84. The van der Waals surface area contributed by atoms with E-state index in [1.165, 1.54) is 36.8 Å². The number of allylic oxidation sites excluding steroid dienone is 1. The molecule has 2 N–H and O–H groups in total. The van der Waals surface area contributed by atoms with Crippen LogP contribution in [-0.4, -0.2) is 19.0 Å². The van der Waals surface area contributed by atoms with E-state index in [-0.39, 0.29) is 5.91 Å².